The third kappa shape index (κ3) is 5.02. The van der Waals surface area contributed by atoms with Gasteiger partial charge >= 0.3 is 5.69 Å². The molecule has 0 aromatic carbocycles. The zero-order chi connectivity index (χ0) is 18.8. The Hall–Kier alpha value is -2.42. The van der Waals surface area contributed by atoms with Crippen LogP contribution in [-0.4, -0.2) is 69.4 Å². The predicted octanol–water partition coefficient (Wildman–Crippen LogP) is -1.25. The van der Waals surface area contributed by atoms with Gasteiger partial charge in [0.15, 0.2) is 0 Å². The number of aromatic amines is 1. The fourth-order valence-electron chi connectivity index (χ4n) is 2.66. The number of piperazine rings is 1. The molecular formula is C16H25N5O4. The Labute approximate surface area is 145 Å². The van der Waals surface area contributed by atoms with E-state index in [1.54, 1.807) is 4.90 Å². The van der Waals surface area contributed by atoms with Crippen LogP contribution in [0.4, 0.5) is 0 Å². The molecule has 1 aliphatic heterocycles. The van der Waals surface area contributed by atoms with Gasteiger partial charge in [-0.3, -0.25) is 24.3 Å². The van der Waals surface area contributed by atoms with Gasteiger partial charge in [0, 0.05) is 45.0 Å². The minimum Gasteiger partial charge on any atom is -0.350 e. The second-order valence-electron chi connectivity index (χ2n) is 7.28. The molecule has 1 saturated heterocycles. The van der Waals surface area contributed by atoms with Crippen molar-refractivity contribution in [3.63, 3.8) is 0 Å². The maximum absolute atomic E-state index is 12.5. The summed E-state index contributed by atoms with van der Waals surface area (Å²) in [6.07, 6.45) is 1.26. The molecule has 1 aromatic rings. The third-order valence-electron chi connectivity index (χ3n) is 3.88. The first-order valence-electron chi connectivity index (χ1n) is 8.19. The molecule has 0 saturated carbocycles. The molecule has 2 heterocycles. The average Bonchev–Trinajstić information content (AvgIpc) is 2.49. The van der Waals surface area contributed by atoms with Crippen molar-refractivity contribution in [2.45, 2.75) is 26.3 Å². The number of carbonyl (C=O) groups is 2. The van der Waals surface area contributed by atoms with Crippen molar-refractivity contribution in [1.29, 1.82) is 0 Å². The minimum absolute atomic E-state index is 0.0539. The summed E-state index contributed by atoms with van der Waals surface area (Å²) in [7, 11) is 1.47. The standard InChI is InChI=1S/C16H25N5O4/c1-16(2,3)18-12(22)10-20-5-7-21(8-6-20)14(24)11-9-19(4)15(25)17-13(11)23/h9H,5-8,10H2,1-4H3,(H,18,22)(H,17,23,25). The molecule has 9 nitrogen and oxygen atoms in total. The summed E-state index contributed by atoms with van der Waals surface area (Å²) in [6, 6.07) is 0. The van der Waals surface area contributed by atoms with Crippen LogP contribution >= 0.6 is 0 Å². The lowest BCUT2D eigenvalue weighted by atomic mass is 10.1. The Morgan fingerprint density at radius 2 is 1.76 bits per heavy atom. The van der Waals surface area contributed by atoms with E-state index >= 15 is 0 Å². The molecule has 1 aromatic heterocycles. The highest BCUT2D eigenvalue weighted by molar-refractivity contribution is 5.93. The van der Waals surface area contributed by atoms with Crippen molar-refractivity contribution in [2.24, 2.45) is 7.05 Å². The number of hydrogen-bond acceptors (Lipinski definition) is 5. The molecule has 1 aliphatic rings. The van der Waals surface area contributed by atoms with Gasteiger partial charge in [-0.2, -0.15) is 0 Å². The summed E-state index contributed by atoms with van der Waals surface area (Å²) in [4.78, 5) is 53.3. The van der Waals surface area contributed by atoms with Gasteiger partial charge in [-0.25, -0.2) is 4.79 Å². The zero-order valence-electron chi connectivity index (χ0n) is 15.1. The Balaban J connectivity index is 1.95. The van der Waals surface area contributed by atoms with Crippen molar-refractivity contribution in [2.75, 3.05) is 32.7 Å². The highest BCUT2D eigenvalue weighted by Crippen LogP contribution is 2.06. The smallest absolute Gasteiger partial charge is 0.328 e. The van der Waals surface area contributed by atoms with E-state index in [1.807, 2.05) is 25.7 Å². The van der Waals surface area contributed by atoms with E-state index < -0.39 is 17.2 Å². The van der Waals surface area contributed by atoms with Gasteiger partial charge in [0.1, 0.15) is 5.56 Å². The molecule has 0 spiro atoms. The van der Waals surface area contributed by atoms with Gasteiger partial charge in [0.05, 0.1) is 6.54 Å². The normalized spacial score (nSPS) is 15.9. The van der Waals surface area contributed by atoms with Gasteiger partial charge in [0.25, 0.3) is 11.5 Å². The van der Waals surface area contributed by atoms with E-state index in [2.05, 4.69) is 10.3 Å². The second-order valence-corrected chi connectivity index (χ2v) is 7.28. The first kappa shape index (κ1) is 18.9. The summed E-state index contributed by atoms with van der Waals surface area (Å²) in [5.74, 6) is -0.461. The van der Waals surface area contributed by atoms with Crippen molar-refractivity contribution in [3.05, 3.63) is 32.6 Å². The molecular weight excluding hydrogens is 326 g/mol. The quantitative estimate of drug-likeness (QED) is 0.707. The molecule has 0 bridgehead atoms. The van der Waals surface area contributed by atoms with Crippen LogP contribution in [0.5, 0.6) is 0 Å². The van der Waals surface area contributed by atoms with Crippen LogP contribution in [0.15, 0.2) is 15.8 Å². The number of aromatic nitrogens is 2. The van der Waals surface area contributed by atoms with Crippen molar-refractivity contribution >= 4 is 11.8 Å². The van der Waals surface area contributed by atoms with E-state index in [4.69, 9.17) is 0 Å². The van der Waals surface area contributed by atoms with Crippen LogP contribution in [0.2, 0.25) is 0 Å². The third-order valence-corrected chi connectivity index (χ3v) is 3.88. The van der Waals surface area contributed by atoms with E-state index in [1.165, 1.54) is 17.8 Å². The maximum atomic E-state index is 12.5. The lowest BCUT2D eigenvalue weighted by molar-refractivity contribution is -0.124. The number of amides is 2. The first-order valence-corrected chi connectivity index (χ1v) is 8.19. The Morgan fingerprint density at radius 1 is 1.16 bits per heavy atom. The number of nitrogens with zero attached hydrogens (tertiary/aromatic N) is 3. The second kappa shape index (κ2) is 7.22. The SMILES string of the molecule is Cn1cc(C(=O)N2CCN(CC(=O)NC(C)(C)C)CC2)c(=O)[nH]c1=O. The molecule has 138 valence electrons. The molecule has 0 unspecified atom stereocenters. The van der Waals surface area contributed by atoms with Gasteiger partial charge in [-0.1, -0.05) is 0 Å². The number of hydrogen-bond donors (Lipinski definition) is 2. The highest BCUT2D eigenvalue weighted by Gasteiger charge is 2.26. The number of aryl methyl sites for hydroxylation is 1. The molecule has 2 amide bonds. The molecule has 2 rings (SSSR count). The van der Waals surface area contributed by atoms with Crippen LogP contribution in [0.3, 0.4) is 0 Å². The molecule has 0 radical (unpaired) electrons. The summed E-state index contributed by atoms with van der Waals surface area (Å²) >= 11 is 0. The number of carbonyl (C=O) groups excluding carboxylic acids is 2. The summed E-state index contributed by atoms with van der Waals surface area (Å²) in [5.41, 5.74) is -1.57. The number of H-pyrrole nitrogens is 1. The van der Waals surface area contributed by atoms with E-state index in [-0.39, 0.29) is 23.6 Å². The van der Waals surface area contributed by atoms with Gasteiger partial charge in [-0.15, -0.1) is 0 Å². The maximum Gasteiger partial charge on any atom is 0.328 e. The highest BCUT2D eigenvalue weighted by atomic mass is 16.2. The number of rotatable bonds is 3. The zero-order valence-corrected chi connectivity index (χ0v) is 15.1. The summed E-state index contributed by atoms with van der Waals surface area (Å²) in [6.45, 7) is 7.98. The van der Waals surface area contributed by atoms with Gasteiger partial charge in [0.2, 0.25) is 5.91 Å². The lowest BCUT2D eigenvalue weighted by Gasteiger charge is -2.34. The van der Waals surface area contributed by atoms with E-state index in [9.17, 15) is 19.2 Å². The first-order chi connectivity index (χ1) is 11.6. The lowest BCUT2D eigenvalue weighted by Crippen LogP contribution is -2.53. The molecule has 25 heavy (non-hydrogen) atoms. The largest absolute Gasteiger partial charge is 0.350 e. The van der Waals surface area contributed by atoms with E-state index in [0.29, 0.717) is 26.2 Å². The number of nitrogens with one attached hydrogen (secondary N) is 2. The summed E-state index contributed by atoms with van der Waals surface area (Å²) in [5, 5.41) is 2.91. The Morgan fingerprint density at radius 3 is 2.32 bits per heavy atom. The molecule has 0 atom stereocenters. The summed E-state index contributed by atoms with van der Waals surface area (Å²) < 4.78 is 1.17. The van der Waals surface area contributed by atoms with Crippen molar-refractivity contribution in [1.82, 2.24) is 24.7 Å². The molecule has 1 fully saturated rings. The predicted molar refractivity (Wildman–Crippen MR) is 92.5 cm³/mol. The minimum atomic E-state index is -0.680. The van der Waals surface area contributed by atoms with Crippen molar-refractivity contribution < 1.29 is 9.59 Å². The van der Waals surface area contributed by atoms with Crippen LogP contribution in [0.25, 0.3) is 0 Å². The fraction of sp³-hybridized carbons (Fsp3) is 0.625. The van der Waals surface area contributed by atoms with Gasteiger partial charge < -0.3 is 14.8 Å². The topological polar surface area (TPSA) is 108 Å². The van der Waals surface area contributed by atoms with Crippen LogP contribution < -0.4 is 16.6 Å². The molecule has 2 N–H and O–H groups in total. The van der Waals surface area contributed by atoms with Crippen molar-refractivity contribution in [3.8, 4) is 0 Å². The Bertz CT molecular complexity index is 766. The Kier molecular flexibility index (Phi) is 5.46. The molecule has 9 heteroatoms. The average molecular weight is 351 g/mol. The van der Waals surface area contributed by atoms with Crippen LogP contribution in [0, 0.1) is 0 Å². The van der Waals surface area contributed by atoms with E-state index in [0.717, 1.165) is 0 Å². The van der Waals surface area contributed by atoms with Crippen LogP contribution in [-0.2, 0) is 11.8 Å². The molecule has 0 aliphatic carbocycles. The van der Waals surface area contributed by atoms with Gasteiger partial charge in [-0.05, 0) is 20.8 Å². The fourth-order valence-corrected chi connectivity index (χ4v) is 2.66. The monoisotopic (exact) mass is 351 g/mol. The van der Waals surface area contributed by atoms with Crippen LogP contribution in [0.1, 0.15) is 31.1 Å².